The third kappa shape index (κ3) is 5.17. The number of nitrogens with one attached hydrogen (secondary N) is 3. The van der Waals surface area contributed by atoms with E-state index in [4.69, 9.17) is 11.6 Å². The van der Waals surface area contributed by atoms with E-state index in [2.05, 4.69) is 16.0 Å². The highest BCUT2D eigenvalue weighted by Gasteiger charge is 2.32. The van der Waals surface area contributed by atoms with E-state index in [1.165, 1.54) is 18.5 Å². The molecule has 0 radical (unpaired) electrons. The molecule has 0 bridgehead atoms. The Labute approximate surface area is 187 Å². The lowest BCUT2D eigenvalue weighted by atomic mass is 10.1. The van der Waals surface area contributed by atoms with Crippen molar-refractivity contribution < 1.29 is 31.5 Å². The number of hydrogen-bond donors (Lipinski definition) is 3. The first-order valence-corrected chi connectivity index (χ1v) is 10.00. The molecule has 0 aliphatic carbocycles. The summed E-state index contributed by atoms with van der Waals surface area (Å²) in [6.07, 6.45) is -4.85. The van der Waals surface area contributed by atoms with Crippen molar-refractivity contribution in [2.24, 2.45) is 0 Å². The molecule has 0 unspecified atom stereocenters. The van der Waals surface area contributed by atoms with Crippen LogP contribution in [0.1, 0.15) is 25.6 Å². The highest BCUT2D eigenvalue weighted by Crippen LogP contribution is 2.38. The Hall–Kier alpha value is -3.18. The molecule has 1 heterocycles. The van der Waals surface area contributed by atoms with Gasteiger partial charge in [0, 0.05) is 18.0 Å². The zero-order valence-electron chi connectivity index (χ0n) is 16.0. The molecule has 5 nitrogen and oxygen atoms in total. The van der Waals surface area contributed by atoms with E-state index in [0.29, 0.717) is 12.1 Å². The van der Waals surface area contributed by atoms with E-state index in [1.807, 2.05) is 0 Å². The maximum Gasteiger partial charge on any atom is 0.416 e. The van der Waals surface area contributed by atoms with Crippen molar-refractivity contribution in [2.75, 3.05) is 17.7 Å². The van der Waals surface area contributed by atoms with Gasteiger partial charge in [-0.05, 0) is 36.4 Å². The molecule has 3 rings (SSSR count). The molecule has 0 saturated heterocycles. The van der Waals surface area contributed by atoms with E-state index in [-0.39, 0.29) is 33.0 Å². The average molecular weight is 490 g/mol. The lowest BCUT2D eigenvalue weighted by Gasteiger charge is -2.13. The number of halogens is 6. The van der Waals surface area contributed by atoms with Crippen molar-refractivity contribution in [2.45, 2.75) is 6.18 Å². The number of hydrogen-bond acceptors (Lipinski definition) is 4. The number of benzene rings is 2. The van der Waals surface area contributed by atoms with Crippen LogP contribution in [0.15, 0.2) is 41.8 Å². The van der Waals surface area contributed by atoms with Crippen LogP contribution in [0.3, 0.4) is 0 Å². The van der Waals surface area contributed by atoms with Crippen molar-refractivity contribution in [1.82, 2.24) is 5.32 Å². The maximum absolute atomic E-state index is 13.7. The number of anilines is 3. The summed E-state index contributed by atoms with van der Waals surface area (Å²) >= 11 is 6.95. The molecule has 0 spiro atoms. The standard InChI is InChI=1S/C20H13ClF5N3O2S/c1-27-19(31)17-16(28-14-7-11(22)2-3-13(14)21)15(8-32-17)29-18(30)9-4-10(20(24,25)26)6-12(23)5-9/h2-8,28H,1H3,(H,27,31)(H,29,30). The second-order valence-corrected chi connectivity index (χ2v) is 7.65. The number of thiophene rings is 1. The Morgan fingerprint density at radius 1 is 0.969 bits per heavy atom. The molecule has 3 aromatic rings. The van der Waals surface area contributed by atoms with Crippen LogP contribution in [0, 0.1) is 11.6 Å². The molecular weight excluding hydrogens is 477 g/mol. The lowest BCUT2D eigenvalue weighted by molar-refractivity contribution is -0.137. The topological polar surface area (TPSA) is 70.2 Å². The maximum atomic E-state index is 13.7. The Morgan fingerprint density at radius 3 is 2.34 bits per heavy atom. The van der Waals surface area contributed by atoms with Crippen LogP contribution < -0.4 is 16.0 Å². The summed E-state index contributed by atoms with van der Waals surface area (Å²) in [5, 5.41) is 8.96. The molecule has 32 heavy (non-hydrogen) atoms. The van der Waals surface area contributed by atoms with Gasteiger partial charge in [0.2, 0.25) is 0 Å². The van der Waals surface area contributed by atoms with Gasteiger partial charge in [0.25, 0.3) is 11.8 Å². The van der Waals surface area contributed by atoms with Gasteiger partial charge < -0.3 is 16.0 Å². The second kappa shape index (κ2) is 9.13. The first-order chi connectivity index (χ1) is 15.0. The monoisotopic (exact) mass is 489 g/mol. The van der Waals surface area contributed by atoms with E-state index in [0.717, 1.165) is 23.5 Å². The van der Waals surface area contributed by atoms with Gasteiger partial charge in [-0.2, -0.15) is 13.2 Å². The van der Waals surface area contributed by atoms with Crippen molar-refractivity contribution in [3.63, 3.8) is 0 Å². The zero-order valence-corrected chi connectivity index (χ0v) is 17.6. The molecule has 2 amide bonds. The molecule has 0 aliphatic rings. The summed E-state index contributed by atoms with van der Waals surface area (Å²) in [5.74, 6) is -3.47. The first kappa shape index (κ1) is 23.5. The van der Waals surface area contributed by atoms with Crippen LogP contribution in [0.4, 0.5) is 39.0 Å². The summed E-state index contributed by atoms with van der Waals surface area (Å²) in [6, 6.07) is 4.86. The summed E-state index contributed by atoms with van der Waals surface area (Å²) < 4.78 is 66.2. The van der Waals surface area contributed by atoms with Crippen LogP contribution in [0.25, 0.3) is 0 Å². The Balaban J connectivity index is 1.99. The normalized spacial score (nSPS) is 11.2. The lowest BCUT2D eigenvalue weighted by Crippen LogP contribution is -2.18. The Morgan fingerprint density at radius 2 is 1.69 bits per heavy atom. The number of carbonyl (C=O) groups is 2. The molecule has 3 N–H and O–H groups in total. The van der Waals surface area contributed by atoms with E-state index in [1.54, 1.807) is 0 Å². The van der Waals surface area contributed by atoms with E-state index >= 15 is 0 Å². The Kier molecular flexibility index (Phi) is 6.70. The zero-order chi connectivity index (χ0) is 23.6. The molecule has 2 aromatic carbocycles. The molecule has 0 fully saturated rings. The molecule has 0 aliphatic heterocycles. The predicted octanol–water partition coefficient (Wildman–Crippen LogP) is 6.05. The molecular formula is C20H13ClF5N3O2S. The second-order valence-electron chi connectivity index (χ2n) is 6.36. The molecule has 1 aromatic heterocycles. The largest absolute Gasteiger partial charge is 0.416 e. The van der Waals surface area contributed by atoms with Crippen molar-refractivity contribution in [1.29, 1.82) is 0 Å². The summed E-state index contributed by atoms with van der Waals surface area (Å²) in [7, 11) is 1.37. The molecule has 168 valence electrons. The quantitative estimate of drug-likeness (QED) is 0.382. The van der Waals surface area contributed by atoms with Crippen LogP contribution in [-0.2, 0) is 6.18 Å². The summed E-state index contributed by atoms with van der Waals surface area (Å²) in [6.45, 7) is 0. The van der Waals surface area contributed by atoms with Crippen LogP contribution in [0.2, 0.25) is 5.02 Å². The van der Waals surface area contributed by atoms with E-state index < -0.39 is 40.8 Å². The summed E-state index contributed by atoms with van der Waals surface area (Å²) in [4.78, 5) is 24.9. The predicted molar refractivity (Wildman–Crippen MR) is 112 cm³/mol. The number of carbonyl (C=O) groups excluding carboxylic acids is 2. The minimum atomic E-state index is -4.85. The van der Waals surface area contributed by atoms with Gasteiger partial charge in [-0.3, -0.25) is 9.59 Å². The molecule has 0 atom stereocenters. The Bertz CT molecular complexity index is 1200. The van der Waals surface area contributed by atoms with Crippen molar-refractivity contribution in [3.8, 4) is 0 Å². The van der Waals surface area contributed by atoms with Gasteiger partial charge in [0.05, 0.1) is 27.6 Å². The van der Waals surface area contributed by atoms with Gasteiger partial charge in [0.15, 0.2) is 0 Å². The highest BCUT2D eigenvalue weighted by atomic mass is 35.5. The van der Waals surface area contributed by atoms with Crippen LogP contribution in [-0.4, -0.2) is 18.9 Å². The fourth-order valence-electron chi connectivity index (χ4n) is 2.66. The van der Waals surface area contributed by atoms with Crippen LogP contribution >= 0.6 is 22.9 Å². The van der Waals surface area contributed by atoms with Gasteiger partial charge in [-0.25, -0.2) is 8.78 Å². The minimum Gasteiger partial charge on any atom is -0.354 e. The molecule has 0 saturated carbocycles. The van der Waals surface area contributed by atoms with Crippen molar-refractivity contribution >= 4 is 51.8 Å². The van der Waals surface area contributed by atoms with Gasteiger partial charge in [-0.15, -0.1) is 11.3 Å². The first-order valence-electron chi connectivity index (χ1n) is 8.74. The fourth-order valence-corrected chi connectivity index (χ4v) is 3.73. The SMILES string of the molecule is CNC(=O)c1scc(NC(=O)c2cc(F)cc(C(F)(F)F)c2)c1Nc1cc(F)ccc1Cl. The minimum absolute atomic E-state index is 0.00301. The third-order valence-corrected chi connectivity index (χ3v) is 5.46. The highest BCUT2D eigenvalue weighted by molar-refractivity contribution is 7.13. The third-order valence-electron chi connectivity index (χ3n) is 4.15. The van der Waals surface area contributed by atoms with Gasteiger partial charge in [-0.1, -0.05) is 11.6 Å². The number of rotatable bonds is 5. The van der Waals surface area contributed by atoms with Gasteiger partial charge in [0.1, 0.15) is 16.5 Å². The summed E-state index contributed by atoms with van der Waals surface area (Å²) in [5.41, 5.74) is -1.81. The average Bonchev–Trinajstić information content (AvgIpc) is 3.11. The van der Waals surface area contributed by atoms with E-state index in [9.17, 15) is 31.5 Å². The molecule has 12 heteroatoms. The number of alkyl halides is 3. The number of amides is 2. The van der Waals surface area contributed by atoms with Gasteiger partial charge >= 0.3 is 6.18 Å². The fraction of sp³-hybridized carbons (Fsp3) is 0.100. The van der Waals surface area contributed by atoms with Crippen LogP contribution in [0.5, 0.6) is 0 Å². The van der Waals surface area contributed by atoms with Crippen molar-refractivity contribution in [3.05, 3.63) is 74.4 Å². The smallest absolute Gasteiger partial charge is 0.354 e.